The number of fused-ring (bicyclic) bond motifs is 4. The fraction of sp³-hybridized carbons (Fsp3) is 0.647. The van der Waals surface area contributed by atoms with Gasteiger partial charge in [0.25, 0.3) is 5.91 Å². The molecular formula is C17H23NO2. The predicted octanol–water partition coefficient (Wildman–Crippen LogP) is 3.07. The van der Waals surface area contributed by atoms with E-state index in [4.69, 9.17) is 0 Å². The molecule has 2 fully saturated rings. The summed E-state index contributed by atoms with van der Waals surface area (Å²) in [4.78, 5) is 26.3. The summed E-state index contributed by atoms with van der Waals surface area (Å²) >= 11 is 0. The van der Waals surface area contributed by atoms with Crippen molar-refractivity contribution in [3.63, 3.8) is 0 Å². The summed E-state index contributed by atoms with van der Waals surface area (Å²) in [7, 11) is 0. The van der Waals surface area contributed by atoms with Crippen LogP contribution in [0.1, 0.15) is 45.4 Å². The number of hydrogen-bond acceptors (Lipinski definition) is 2. The Kier molecular flexibility index (Phi) is 3.53. The Hall–Kier alpha value is -1.38. The summed E-state index contributed by atoms with van der Waals surface area (Å²) in [5, 5.41) is 0. The van der Waals surface area contributed by atoms with Crippen LogP contribution in [0.5, 0.6) is 0 Å². The van der Waals surface area contributed by atoms with Crippen LogP contribution in [-0.2, 0) is 9.59 Å². The van der Waals surface area contributed by atoms with Gasteiger partial charge in [-0.05, 0) is 31.1 Å². The van der Waals surface area contributed by atoms with Gasteiger partial charge in [-0.15, -0.1) is 6.58 Å². The third kappa shape index (κ3) is 1.79. The number of allylic oxidation sites excluding steroid dienone is 1. The Labute approximate surface area is 120 Å². The molecule has 0 spiro atoms. The lowest BCUT2D eigenvalue weighted by atomic mass is 9.84. The minimum atomic E-state index is -0.113. The van der Waals surface area contributed by atoms with Crippen LogP contribution in [-0.4, -0.2) is 23.3 Å². The van der Waals surface area contributed by atoms with Crippen LogP contribution >= 0.6 is 0 Å². The maximum absolute atomic E-state index is 12.5. The zero-order valence-corrected chi connectivity index (χ0v) is 12.2. The van der Waals surface area contributed by atoms with Crippen LogP contribution in [0.25, 0.3) is 0 Å². The van der Waals surface area contributed by atoms with Gasteiger partial charge in [-0.3, -0.25) is 14.5 Å². The molecule has 3 rings (SSSR count). The monoisotopic (exact) mass is 273 g/mol. The first-order chi connectivity index (χ1) is 9.70. The predicted molar refractivity (Wildman–Crippen MR) is 77.8 cm³/mol. The number of amides is 2. The molecule has 0 aromatic heterocycles. The fourth-order valence-electron chi connectivity index (χ4n) is 4.41. The second-order valence-corrected chi connectivity index (χ2v) is 6.26. The van der Waals surface area contributed by atoms with Crippen LogP contribution in [0.3, 0.4) is 0 Å². The Morgan fingerprint density at radius 3 is 2.80 bits per heavy atom. The third-order valence-electron chi connectivity index (χ3n) is 5.23. The molecule has 108 valence electrons. The van der Waals surface area contributed by atoms with Crippen LogP contribution < -0.4 is 0 Å². The topological polar surface area (TPSA) is 37.4 Å². The van der Waals surface area contributed by atoms with Gasteiger partial charge in [0.2, 0.25) is 5.91 Å². The molecule has 1 saturated carbocycles. The molecule has 1 heterocycles. The van der Waals surface area contributed by atoms with E-state index >= 15 is 0 Å². The van der Waals surface area contributed by atoms with Crippen LogP contribution in [0.2, 0.25) is 0 Å². The molecule has 3 heteroatoms. The Morgan fingerprint density at radius 1 is 1.35 bits per heavy atom. The van der Waals surface area contributed by atoms with Crippen molar-refractivity contribution in [2.24, 2.45) is 17.8 Å². The van der Waals surface area contributed by atoms with Crippen molar-refractivity contribution >= 4 is 11.8 Å². The van der Waals surface area contributed by atoms with Gasteiger partial charge in [-0.1, -0.05) is 37.8 Å². The normalized spacial score (nSPS) is 31.4. The van der Waals surface area contributed by atoms with Gasteiger partial charge in [0.05, 0.1) is 5.92 Å². The number of likely N-dealkylation sites (tertiary alicyclic amines) is 1. The molecule has 2 bridgehead atoms. The van der Waals surface area contributed by atoms with E-state index in [0.717, 1.165) is 24.8 Å². The number of rotatable bonds is 6. The third-order valence-corrected chi connectivity index (χ3v) is 5.23. The summed E-state index contributed by atoms with van der Waals surface area (Å²) in [6.45, 7) is 6.21. The van der Waals surface area contributed by atoms with E-state index in [1.54, 1.807) is 6.08 Å². The highest BCUT2D eigenvalue weighted by Gasteiger charge is 2.57. The van der Waals surface area contributed by atoms with Crippen LogP contribution in [0.4, 0.5) is 0 Å². The number of imide groups is 1. The molecule has 0 radical (unpaired) electrons. The SMILES string of the molecule is C=CCN1C(=O)C2=C3CCC(C3CCCCC)C2C1=O. The van der Waals surface area contributed by atoms with E-state index in [-0.39, 0.29) is 17.7 Å². The molecule has 1 saturated heterocycles. The second-order valence-electron chi connectivity index (χ2n) is 6.26. The summed E-state index contributed by atoms with van der Waals surface area (Å²) in [6.07, 6.45) is 8.63. The van der Waals surface area contributed by atoms with Gasteiger partial charge in [0, 0.05) is 12.1 Å². The highest BCUT2D eigenvalue weighted by molar-refractivity contribution is 6.16. The molecule has 0 aromatic carbocycles. The minimum Gasteiger partial charge on any atom is -0.274 e. The summed E-state index contributed by atoms with van der Waals surface area (Å²) in [6, 6.07) is 0. The molecule has 3 atom stereocenters. The Morgan fingerprint density at radius 2 is 2.15 bits per heavy atom. The van der Waals surface area contributed by atoms with Crippen molar-refractivity contribution < 1.29 is 9.59 Å². The van der Waals surface area contributed by atoms with Crippen molar-refractivity contribution in [2.45, 2.75) is 45.4 Å². The maximum Gasteiger partial charge on any atom is 0.257 e. The Balaban J connectivity index is 1.84. The number of hydrogen-bond donors (Lipinski definition) is 0. The number of unbranched alkanes of at least 4 members (excludes halogenated alkanes) is 2. The maximum atomic E-state index is 12.5. The summed E-state index contributed by atoms with van der Waals surface area (Å²) in [5.74, 6) is 0.809. The standard InChI is InChI=1S/C17H23NO2/c1-3-5-6-7-11-12-8-9-13(11)15-14(12)16(19)18(10-4-2)17(15)20/h4,11-12,14H,2-3,5-10H2,1H3. The lowest BCUT2D eigenvalue weighted by molar-refractivity contribution is -0.139. The van der Waals surface area contributed by atoms with E-state index in [0.29, 0.717) is 18.4 Å². The average Bonchev–Trinajstić information content (AvgIpc) is 3.05. The zero-order valence-electron chi connectivity index (χ0n) is 12.2. The quantitative estimate of drug-likeness (QED) is 0.424. The number of nitrogens with zero attached hydrogens (tertiary/aromatic N) is 1. The molecule has 20 heavy (non-hydrogen) atoms. The van der Waals surface area contributed by atoms with E-state index in [2.05, 4.69) is 13.5 Å². The van der Waals surface area contributed by atoms with Crippen molar-refractivity contribution in [1.82, 2.24) is 4.90 Å². The molecule has 2 aliphatic carbocycles. The van der Waals surface area contributed by atoms with Crippen molar-refractivity contribution in [1.29, 1.82) is 0 Å². The van der Waals surface area contributed by atoms with Gasteiger partial charge >= 0.3 is 0 Å². The van der Waals surface area contributed by atoms with Crippen LogP contribution in [0, 0.1) is 17.8 Å². The van der Waals surface area contributed by atoms with Crippen molar-refractivity contribution in [2.75, 3.05) is 6.54 Å². The first kappa shape index (κ1) is 13.6. The van der Waals surface area contributed by atoms with Crippen molar-refractivity contribution in [3.8, 4) is 0 Å². The van der Waals surface area contributed by atoms with Gasteiger partial charge in [-0.2, -0.15) is 0 Å². The fourth-order valence-corrected chi connectivity index (χ4v) is 4.41. The van der Waals surface area contributed by atoms with Gasteiger partial charge in [-0.25, -0.2) is 0 Å². The minimum absolute atomic E-state index is 0.0300. The van der Waals surface area contributed by atoms with Crippen LogP contribution in [0.15, 0.2) is 23.8 Å². The molecule has 0 N–H and O–H groups in total. The highest BCUT2D eigenvalue weighted by atomic mass is 16.2. The average molecular weight is 273 g/mol. The van der Waals surface area contributed by atoms with E-state index < -0.39 is 0 Å². The summed E-state index contributed by atoms with van der Waals surface area (Å²) in [5.41, 5.74) is 2.19. The van der Waals surface area contributed by atoms with E-state index in [1.807, 2.05) is 0 Å². The van der Waals surface area contributed by atoms with E-state index in [9.17, 15) is 9.59 Å². The highest BCUT2D eigenvalue weighted by Crippen LogP contribution is 2.57. The largest absolute Gasteiger partial charge is 0.274 e. The number of carbonyl (C=O) groups is 2. The van der Waals surface area contributed by atoms with Gasteiger partial charge in [0.15, 0.2) is 0 Å². The lowest BCUT2D eigenvalue weighted by Crippen LogP contribution is -2.33. The molecule has 0 aromatic rings. The van der Waals surface area contributed by atoms with Gasteiger partial charge < -0.3 is 0 Å². The molecule has 3 aliphatic rings. The number of carbonyl (C=O) groups excluding carboxylic acids is 2. The van der Waals surface area contributed by atoms with Crippen molar-refractivity contribution in [3.05, 3.63) is 23.8 Å². The lowest BCUT2D eigenvalue weighted by Gasteiger charge is -2.20. The molecule has 1 aliphatic heterocycles. The summed E-state index contributed by atoms with van der Waals surface area (Å²) < 4.78 is 0. The molecule has 2 amide bonds. The zero-order chi connectivity index (χ0) is 14.3. The molecular weight excluding hydrogens is 250 g/mol. The second kappa shape index (κ2) is 5.19. The first-order valence-electron chi connectivity index (χ1n) is 7.90. The van der Waals surface area contributed by atoms with Gasteiger partial charge in [0.1, 0.15) is 0 Å². The first-order valence-corrected chi connectivity index (χ1v) is 7.90. The molecule has 3 nitrogen and oxygen atoms in total. The Bertz CT molecular complexity index is 491. The smallest absolute Gasteiger partial charge is 0.257 e. The molecule has 3 unspecified atom stereocenters. The van der Waals surface area contributed by atoms with E-state index in [1.165, 1.54) is 29.7 Å².